The number of fused-ring (bicyclic) bond motifs is 1. The van der Waals surface area contributed by atoms with Crippen molar-refractivity contribution in [3.05, 3.63) is 23.8 Å². The van der Waals surface area contributed by atoms with E-state index in [1.54, 1.807) is 13.8 Å². The van der Waals surface area contributed by atoms with Gasteiger partial charge in [-0.2, -0.15) is 0 Å². The van der Waals surface area contributed by atoms with E-state index in [0.717, 1.165) is 0 Å². The Morgan fingerprint density at radius 1 is 1.14 bits per heavy atom. The van der Waals surface area contributed by atoms with Crippen LogP contribution in [0.15, 0.2) is 23.8 Å². The Kier molecular flexibility index (Phi) is 3.44. The summed E-state index contributed by atoms with van der Waals surface area (Å²) in [5, 5.41) is 55.7. The SMILES string of the molecule is C=C1C(O)[C@@]2(O)OC[C@]34[C@H]2[C@@]2(C)[C@H](O)C(=O)C=C(C)[C@@H]2C[C@H]3OC(=O)[C@H](O)[C@@]14O. The fourth-order valence-electron chi connectivity index (χ4n) is 7.19. The van der Waals surface area contributed by atoms with Crippen molar-refractivity contribution in [2.75, 3.05) is 6.61 Å². The van der Waals surface area contributed by atoms with Crippen LogP contribution in [-0.4, -0.2) is 79.7 Å². The summed E-state index contributed by atoms with van der Waals surface area (Å²) in [4.78, 5) is 25.0. The van der Waals surface area contributed by atoms with Gasteiger partial charge in [0.2, 0.25) is 5.79 Å². The van der Waals surface area contributed by atoms with Gasteiger partial charge in [-0.25, -0.2) is 4.79 Å². The van der Waals surface area contributed by atoms with Gasteiger partial charge < -0.3 is 35.0 Å². The molecule has 158 valence electrons. The van der Waals surface area contributed by atoms with E-state index in [4.69, 9.17) is 9.47 Å². The maximum Gasteiger partial charge on any atom is 0.338 e. The average molecular weight is 408 g/mol. The quantitative estimate of drug-likeness (QED) is 0.230. The predicted molar refractivity (Wildman–Crippen MR) is 93.8 cm³/mol. The monoisotopic (exact) mass is 408 g/mol. The molecule has 2 saturated heterocycles. The van der Waals surface area contributed by atoms with Gasteiger partial charge in [-0.15, -0.1) is 0 Å². The number of ketones is 1. The number of carbonyl (C=O) groups excluding carboxylic acids is 2. The van der Waals surface area contributed by atoms with E-state index in [-0.39, 0.29) is 18.6 Å². The third-order valence-electron chi connectivity index (χ3n) is 8.44. The van der Waals surface area contributed by atoms with Gasteiger partial charge >= 0.3 is 5.97 Å². The second-order valence-electron chi connectivity index (χ2n) is 9.38. The van der Waals surface area contributed by atoms with Crippen molar-refractivity contribution in [3.8, 4) is 0 Å². The molecule has 4 fully saturated rings. The lowest BCUT2D eigenvalue weighted by molar-refractivity contribution is -0.337. The van der Waals surface area contributed by atoms with Gasteiger partial charge in [0, 0.05) is 11.3 Å². The molecular weight excluding hydrogens is 384 g/mol. The van der Waals surface area contributed by atoms with E-state index in [1.165, 1.54) is 6.08 Å². The van der Waals surface area contributed by atoms with E-state index < -0.39 is 70.2 Å². The number of hydrogen-bond acceptors (Lipinski definition) is 9. The lowest BCUT2D eigenvalue weighted by Crippen LogP contribution is -2.82. The molecule has 0 aromatic carbocycles. The van der Waals surface area contributed by atoms with Crippen LogP contribution in [0.2, 0.25) is 0 Å². The summed E-state index contributed by atoms with van der Waals surface area (Å²) in [6.07, 6.45) is -5.01. The normalized spacial score (nSPS) is 58.3. The van der Waals surface area contributed by atoms with Crippen LogP contribution in [0.4, 0.5) is 0 Å². The van der Waals surface area contributed by atoms with Crippen molar-refractivity contribution in [1.29, 1.82) is 0 Å². The first kappa shape index (κ1) is 19.3. The van der Waals surface area contributed by atoms with E-state index in [0.29, 0.717) is 5.57 Å². The number of esters is 1. The molecule has 0 aromatic rings. The summed E-state index contributed by atoms with van der Waals surface area (Å²) in [5.41, 5.74) is -5.06. The minimum Gasteiger partial charge on any atom is -0.460 e. The highest BCUT2D eigenvalue weighted by Gasteiger charge is 2.87. The maximum absolute atomic E-state index is 12.5. The third-order valence-corrected chi connectivity index (χ3v) is 8.44. The Morgan fingerprint density at radius 3 is 2.45 bits per heavy atom. The first-order valence-electron chi connectivity index (χ1n) is 9.63. The van der Waals surface area contributed by atoms with Gasteiger partial charge in [-0.3, -0.25) is 4.79 Å². The molecule has 2 heterocycles. The van der Waals surface area contributed by atoms with Gasteiger partial charge in [-0.05, 0) is 30.9 Å². The highest BCUT2D eigenvalue weighted by atomic mass is 16.7. The van der Waals surface area contributed by atoms with Crippen LogP contribution >= 0.6 is 0 Å². The fraction of sp³-hybridized carbons (Fsp3) is 0.700. The molecule has 0 amide bonds. The molecule has 2 bridgehead atoms. The first-order chi connectivity index (χ1) is 13.4. The Bertz CT molecular complexity index is 896. The standard InChI is InChI=1S/C20H24O9/c1-7-4-10(21)13(23)17(3)9(7)5-11-18-6-28-20(27,16(17)18)12(22)8(2)19(18,26)14(24)15(25)29-11/h4,9,11-14,16,22-24,26-27H,2,5-6H2,1,3H3/t9-,11+,12?,13+,14-,16+,17+,18+,19-,20+/m0/s1. The van der Waals surface area contributed by atoms with E-state index >= 15 is 0 Å². The van der Waals surface area contributed by atoms with Crippen LogP contribution in [0.5, 0.6) is 0 Å². The summed E-state index contributed by atoms with van der Waals surface area (Å²) >= 11 is 0. The minimum absolute atomic E-state index is 0.142. The smallest absolute Gasteiger partial charge is 0.338 e. The number of carbonyl (C=O) groups is 2. The lowest BCUT2D eigenvalue weighted by Gasteiger charge is -2.69. The van der Waals surface area contributed by atoms with Crippen molar-refractivity contribution in [2.45, 2.75) is 56.1 Å². The Hall–Kier alpha value is -1.62. The highest BCUT2D eigenvalue weighted by Crippen LogP contribution is 2.74. The molecule has 1 spiro atoms. The van der Waals surface area contributed by atoms with Crippen molar-refractivity contribution in [3.63, 3.8) is 0 Å². The van der Waals surface area contributed by atoms with Crippen molar-refractivity contribution in [2.24, 2.45) is 22.7 Å². The first-order valence-corrected chi connectivity index (χ1v) is 9.63. The average Bonchev–Trinajstić information content (AvgIpc) is 2.98. The van der Waals surface area contributed by atoms with Crippen LogP contribution in [0.3, 0.4) is 0 Å². The molecule has 1 unspecified atom stereocenters. The zero-order valence-corrected chi connectivity index (χ0v) is 16.0. The van der Waals surface area contributed by atoms with E-state index in [1.807, 2.05) is 0 Å². The predicted octanol–water partition coefficient (Wildman–Crippen LogP) is -1.83. The third kappa shape index (κ3) is 1.69. The topological polar surface area (TPSA) is 154 Å². The molecule has 9 nitrogen and oxygen atoms in total. The molecule has 9 heteroatoms. The number of allylic oxidation sites excluding steroid dienone is 1. The summed E-state index contributed by atoms with van der Waals surface area (Å²) in [6.45, 7) is 6.62. The fourth-order valence-corrected chi connectivity index (χ4v) is 7.19. The molecule has 29 heavy (non-hydrogen) atoms. The Balaban J connectivity index is 1.85. The summed E-state index contributed by atoms with van der Waals surface area (Å²) < 4.78 is 11.1. The van der Waals surface area contributed by atoms with Gasteiger partial charge in [-0.1, -0.05) is 19.1 Å². The van der Waals surface area contributed by atoms with Gasteiger partial charge in [0.1, 0.15) is 23.9 Å². The molecule has 2 aliphatic heterocycles. The summed E-state index contributed by atoms with van der Waals surface area (Å²) in [6, 6.07) is 0. The van der Waals surface area contributed by atoms with Crippen LogP contribution < -0.4 is 0 Å². The maximum atomic E-state index is 12.5. The molecule has 2 saturated carbocycles. The van der Waals surface area contributed by atoms with Gasteiger partial charge in [0.05, 0.1) is 12.0 Å². The van der Waals surface area contributed by atoms with Gasteiger partial charge in [0.25, 0.3) is 0 Å². The van der Waals surface area contributed by atoms with Crippen LogP contribution in [0.25, 0.3) is 0 Å². The number of ether oxygens (including phenoxy) is 2. The number of hydrogen-bond donors (Lipinski definition) is 5. The second kappa shape index (κ2) is 5.16. The van der Waals surface area contributed by atoms with Crippen LogP contribution in [0, 0.1) is 22.7 Å². The molecule has 5 rings (SSSR count). The largest absolute Gasteiger partial charge is 0.460 e. The molecule has 0 aromatic heterocycles. The zero-order valence-electron chi connectivity index (χ0n) is 16.0. The number of aliphatic hydroxyl groups is 5. The molecular formula is C20H24O9. The van der Waals surface area contributed by atoms with Crippen LogP contribution in [0.1, 0.15) is 20.3 Å². The molecule has 10 atom stereocenters. The lowest BCUT2D eigenvalue weighted by atomic mass is 9.37. The van der Waals surface area contributed by atoms with E-state index in [2.05, 4.69) is 6.58 Å². The zero-order chi connectivity index (χ0) is 21.3. The number of aliphatic hydroxyl groups excluding tert-OH is 3. The van der Waals surface area contributed by atoms with Gasteiger partial charge in [0.15, 0.2) is 11.9 Å². The van der Waals surface area contributed by atoms with Crippen molar-refractivity contribution < 1.29 is 44.6 Å². The Labute approximate surface area is 166 Å². The summed E-state index contributed by atoms with van der Waals surface area (Å²) in [5.74, 6) is -5.66. The highest BCUT2D eigenvalue weighted by molar-refractivity contribution is 5.96. The molecule has 5 N–H and O–H groups in total. The van der Waals surface area contributed by atoms with E-state index in [9.17, 15) is 35.1 Å². The molecule has 0 radical (unpaired) electrons. The second-order valence-corrected chi connectivity index (χ2v) is 9.38. The van der Waals surface area contributed by atoms with Crippen molar-refractivity contribution >= 4 is 11.8 Å². The number of rotatable bonds is 0. The Morgan fingerprint density at radius 2 is 1.79 bits per heavy atom. The molecule has 5 aliphatic rings. The molecule has 3 aliphatic carbocycles. The minimum atomic E-state index is -2.37. The van der Waals surface area contributed by atoms with Crippen molar-refractivity contribution in [1.82, 2.24) is 0 Å². The summed E-state index contributed by atoms with van der Waals surface area (Å²) in [7, 11) is 0. The van der Waals surface area contributed by atoms with Crippen LogP contribution in [-0.2, 0) is 19.1 Å².